The first-order chi connectivity index (χ1) is 10.8. The molecule has 2 aromatic rings. The minimum atomic E-state index is -4.14. The molecule has 0 fully saturated rings. The summed E-state index contributed by atoms with van der Waals surface area (Å²) >= 11 is 11.8. The van der Waals surface area contributed by atoms with Gasteiger partial charge in [-0.15, -0.1) is 0 Å². The summed E-state index contributed by atoms with van der Waals surface area (Å²) in [5, 5.41) is 11.6. The third-order valence-electron chi connectivity index (χ3n) is 3.05. The summed E-state index contributed by atoms with van der Waals surface area (Å²) in [5.74, 6) is 0. The molecule has 0 heterocycles. The van der Waals surface area contributed by atoms with Gasteiger partial charge in [0.15, 0.2) is 4.90 Å². The van der Waals surface area contributed by atoms with Gasteiger partial charge in [-0.1, -0.05) is 35.3 Å². The predicted octanol–water partition coefficient (Wildman–Crippen LogP) is 4.12. The van der Waals surface area contributed by atoms with E-state index in [0.29, 0.717) is 0 Å². The zero-order valence-corrected chi connectivity index (χ0v) is 14.3. The summed E-state index contributed by atoms with van der Waals surface area (Å²) in [6.07, 6.45) is 0. The van der Waals surface area contributed by atoms with Gasteiger partial charge in [-0.25, -0.2) is 8.42 Å². The van der Waals surface area contributed by atoms with E-state index in [1.807, 2.05) is 0 Å². The number of halogens is 2. The van der Waals surface area contributed by atoms with E-state index in [9.17, 15) is 18.5 Å². The third kappa shape index (κ3) is 3.57. The summed E-state index contributed by atoms with van der Waals surface area (Å²) in [4.78, 5) is 9.99. The number of anilines is 1. The highest BCUT2D eigenvalue weighted by molar-refractivity contribution is 7.93. The number of nitro benzene ring substituents is 1. The Hall–Kier alpha value is -1.83. The number of hydrogen-bond acceptors (Lipinski definition) is 4. The van der Waals surface area contributed by atoms with Gasteiger partial charge < -0.3 is 0 Å². The molecule has 0 aliphatic rings. The zero-order valence-electron chi connectivity index (χ0n) is 11.9. The van der Waals surface area contributed by atoms with Gasteiger partial charge in [0, 0.05) is 22.7 Å². The van der Waals surface area contributed by atoms with E-state index in [2.05, 4.69) is 0 Å². The van der Waals surface area contributed by atoms with Crippen molar-refractivity contribution >= 4 is 44.6 Å². The van der Waals surface area contributed by atoms with Crippen molar-refractivity contribution in [1.82, 2.24) is 0 Å². The highest BCUT2D eigenvalue weighted by Gasteiger charge is 2.31. The van der Waals surface area contributed by atoms with Crippen LogP contribution in [-0.2, 0) is 10.0 Å². The fourth-order valence-corrected chi connectivity index (χ4v) is 4.25. The van der Waals surface area contributed by atoms with E-state index in [1.54, 1.807) is 6.92 Å². The molecule has 0 spiro atoms. The van der Waals surface area contributed by atoms with Crippen LogP contribution in [0, 0.1) is 10.1 Å². The highest BCUT2D eigenvalue weighted by atomic mass is 35.5. The van der Waals surface area contributed by atoms with Crippen LogP contribution in [0.5, 0.6) is 0 Å². The number of sulfonamides is 1. The smallest absolute Gasteiger partial charge is 0.266 e. The molecular formula is C14H12Cl2N2O4S. The second-order valence-electron chi connectivity index (χ2n) is 4.52. The molecule has 2 rings (SSSR count). The van der Waals surface area contributed by atoms with Crippen LogP contribution in [0.15, 0.2) is 47.4 Å². The standard InChI is InChI=1S/C14H12Cl2N2O4S/c1-2-17(12-8-10(15)7-11(16)9-12)23(21,22)14-6-4-3-5-13(14)18(19)20/h3-9H,2H2,1H3. The fourth-order valence-electron chi connectivity index (χ4n) is 2.12. The van der Waals surface area contributed by atoms with Crippen LogP contribution in [0.4, 0.5) is 11.4 Å². The fraction of sp³-hybridized carbons (Fsp3) is 0.143. The van der Waals surface area contributed by atoms with Crippen molar-refractivity contribution in [2.45, 2.75) is 11.8 Å². The minimum absolute atomic E-state index is 0.0606. The average molecular weight is 375 g/mol. The topological polar surface area (TPSA) is 80.5 Å². The quantitative estimate of drug-likeness (QED) is 0.582. The molecule has 6 nitrogen and oxygen atoms in total. The second-order valence-corrected chi connectivity index (χ2v) is 7.23. The number of benzene rings is 2. The van der Waals surface area contributed by atoms with Crippen molar-refractivity contribution in [3.63, 3.8) is 0 Å². The maximum atomic E-state index is 12.8. The lowest BCUT2D eigenvalue weighted by molar-refractivity contribution is -0.387. The van der Waals surface area contributed by atoms with Gasteiger partial charge in [-0.2, -0.15) is 0 Å². The monoisotopic (exact) mass is 374 g/mol. The van der Waals surface area contributed by atoms with Crippen molar-refractivity contribution in [2.24, 2.45) is 0 Å². The molecule has 9 heteroatoms. The lowest BCUT2D eigenvalue weighted by Crippen LogP contribution is -2.31. The Balaban J connectivity index is 2.63. The first kappa shape index (κ1) is 17.5. The molecule has 0 radical (unpaired) electrons. The van der Waals surface area contributed by atoms with Gasteiger partial charge in [0.2, 0.25) is 0 Å². The van der Waals surface area contributed by atoms with Gasteiger partial charge in [0.25, 0.3) is 15.7 Å². The lowest BCUT2D eigenvalue weighted by atomic mass is 10.3. The molecule has 0 unspecified atom stereocenters. The molecule has 0 saturated carbocycles. The Morgan fingerprint density at radius 1 is 1.13 bits per heavy atom. The number of hydrogen-bond donors (Lipinski definition) is 0. The highest BCUT2D eigenvalue weighted by Crippen LogP contribution is 2.32. The van der Waals surface area contributed by atoms with E-state index in [0.717, 1.165) is 10.4 Å². The molecule has 2 aromatic carbocycles. The van der Waals surface area contributed by atoms with Gasteiger partial charge in [-0.3, -0.25) is 14.4 Å². The minimum Gasteiger partial charge on any atom is -0.266 e. The molecule has 122 valence electrons. The van der Waals surface area contributed by atoms with Crippen LogP contribution >= 0.6 is 23.2 Å². The Morgan fingerprint density at radius 3 is 2.22 bits per heavy atom. The number of nitro groups is 1. The normalized spacial score (nSPS) is 11.3. The molecular weight excluding hydrogens is 363 g/mol. The van der Waals surface area contributed by atoms with Crippen LogP contribution in [0.2, 0.25) is 10.0 Å². The Kier molecular flexibility index (Phi) is 5.13. The van der Waals surface area contributed by atoms with Gasteiger partial charge in [0.05, 0.1) is 10.6 Å². The average Bonchev–Trinajstić information content (AvgIpc) is 2.46. The van der Waals surface area contributed by atoms with Crippen LogP contribution in [-0.4, -0.2) is 19.9 Å². The van der Waals surface area contributed by atoms with Crippen molar-refractivity contribution in [3.05, 3.63) is 62.6 Å². The lowest BCUT2D eigenvalue weighted by Gasteiger charge is -2.23. The van der Waals surface area contributed by atoms with Gasteiger partial charge in [0.1, 0.15) is 0 Å². The molecule has 0 saturated heterocycles. The maximum Gasteiger partial charge on any atom is 0.289 e. The van der Waals surface area contributed by atoms with Crippen molar-refractivity contribution in [2.75, 3.05) is 10.8 Å². The van der Waals surface area contributed by atoms with Crippen molar-refractivity contribution in [3.8, 4) is 0 Å². The first-order valence-corrected chi connectivity index (χ1v) is 8.69. The van der Waals surface area contributed by atoms with Crippen LogP contribution in [0.1, 0.15) is 6.92 Å². The van der Waals surface area contributed by atoms with Crippen LogP contribution < -0.4 is 4.31 Å². The maximum absolute atomic E-state index is 12.8. The zero-order chi connectivity index (χ0) is 17.2. The Bertz CT molecular complexity index is 835. The van der Waals surface area contributed by atoms with Gasteiger partial charge in [-0.05, 0) is 31.2 Å². The summed E-state index contributed by atoms with van der Waals surface area (Å²) in [6.45, 7) is 1.67. The predicted molar refractivity (Wildman–Crippen MR) is 89.8 cm³/mol. The Labute approximate surface area is 143 Å². The third-order valence-corrected chi connectivity index (χ3v) is 5.44. The molecule has 0 aliphatic carbocycles. The molecule has 0 aromatic heterocycles. The van der Waals surface area contributed by atoms with Crippen molar-refractivity contribution < 1.29 is 13.3 Å². The van der Waals surface area contributed by atoms with E-state index in [4.69, 9.17) is 23.2 Å². The van der Waals surface area contributed by atoms with Crippen LogP contribution in [0.25, 0.3) is 0 Å². The molecule has 23 heavy (non-hydrogen) atoms. The van der Waals surface area contributed by atoms with E-state index in [-0.39, 0.29) is 27.2 Å². The summed E-state index contributed by atoms with van der Waals surface area (Å²) in [5.41, 5.74) is -0.248. The van der Waals surface area contributed by atoms with Gasteiger partial charge >= 0.3 is 0 Å². The molecule has 0 amide bonds. The van der Waals surface area contributed by atoms with Crippen LogP contribution in [0.3, 0.4) is 0 Å². The van der Waals surface area contributed by atoms with E-state index in [1.165, 1.54) is 36.4 Å². The van der Waals surface area contributed by atoms with E-state index >= 15 is 0 Å². The summed E-state index contributed by atoms with van der Waals surface area (Å²) in [6, 6.07) is 9.51. The number of rotatable bonds is 5. The second kappa shape index (κ2) is 6.74. The molecule has 0 N–H and O–H groups in total. The largest absolute Gasteiger partial charge is 0.289 e. The Morgan fingerprint density at radius 2 is 1.70 bits per heavy atom. The molecule has 0 atom stereocenters. The number of para-hydroxylation sites is 1. The van der Waals surface area contributed by atoms with Crippen molar-refractivity contribution in [1.29, 1.82) is 0 Å². The van der Waals surface area contributed by atoms with E-state index < -0.39 is 20.6 Å². The first-order valence-electron chi connectivity index (χ1n) is 6.49. The number of nitrogens with zero attached hydrogens (tertiary/aromatic N) is 2. The molecule has 0 bridgehead atoms. The summed E-state index contributed by atoms with van der Waals surface area (Å²) in [7, 11) is -4.14. The molecule has 0 aliphatic heterocycles. The summed E-state index contributed by atoms with van der Waals surface area (Å²) < 4.78 is 26.7. The SMILES string of the molecule is CCN(c1cc(Cl)cc(Cl)c1)S(=O)(=O)c1ccccc1[N+](=O)[O-].